The number of carboxylic acids is 2. The molecule has 0 spiro atoms. The quantitative estimate of drug-likeness (QED) is 0.245. The fourth-order valence-electron chi connectivity index (χ4n) is 2.19. The van der Waals surface area contributed by atoms with E-state index in [0.717, 1.165) is 0 Å². The fourth-order valence-corrected chi connectivity index (χ4v) is 2.19. The van der Waals surface area contributed by atoms with Crippen molar-refractivity contribution in [3.8, 4) is 0 Å². The molecule has 0 aliphatic carbocycles. The zero-order valence-corrected chi connectivity index (χ0v) is 15.8. The maximum absolute atomic E-state index is 11.5. The van der Waals surface area contributed by atoms with Crippen LogP contribution in [-0.2, 0) is 28.7 Å². The van der Waals surface area contributed by atoms with E-state index in [0.29, 0.717) is 0 Å². The zero-order chi connectivity index (χ0) is 22.0. The van der Waals surface area contributed by atoms with Crippen molar-refractivity contribution in [2.75, 3.05) is 13.2 Å². The first-order chi connectivity index (χ1) is 12.9. The van der Waals surface area contributed by atoms with E-state index in [9.17, 15) is 39.6 Å². The first kappa shape index (κ1) is 25.3. The van der Waals surface area contributed by atoms with Crippen LogP contribution in [0.5, 0.6) is 0 Å². The molecule has 0 saturated heterocycles. The molecule has 0 heterocycles. The van der Waals surface area contributed by atoms with Crippen molar-refractivity contribution in [1.29, 1.82) is 0 Å². The number of hydrogen-bond acceptors (Lipinski definition) is 8. The van der Waals surface area contributed by atoms with E-state index in [1.54, 1.807) is 0 Å². The van der Waals surface area contributed by atoms with Gasteiger partial charge in [0.15, 0.2) is 0 Å². The summed E-state index contributed by atoms with van der Waals surface area (Å²) in [6.07, 6.45) is -3.95. The molecule has 0 aliphatic heterocycles. The van der Waals surface area contributed by atoms with E-state index in [2.05, 4.69) is 13.2 Å². The number of ether oxygens (including phenoxy) is 2. The summed E-state index contributed by atoms with van der Waals surface area (Å²) < 4.78 is 9.42. The topological polar surface area (TPSA) is 168 Å². The van der Waals surface area contributed by atoms with Gasteiger partial charge in [-0.15, -0.1) is 0 Å². The summed E-state index contributed by atoms with van der Waals surface area (Å²) in [6, 6.07) is 0. The number of aliphatic hydroxyl groups is 2. The molecule has 0 aliphatic rings. The predicted octanol–water partition coefficient (Wildman–Crippen LogP) is 0.129. The van der Waals surface area contributed by atoms with Gasteiger partial charge in [0.1, 0.15) is 13.2 Å². The van der Waals surface area contributed by atoms with Gasteiger partial charge in [0.25, 0.3) is 0 Å². The smallest absolute Gasteiger partial charge is 0.333 e. The van der Waals surface area contributed by atoms with Gasteiger partial charge in [-0.3, -0.25) is 9.59 Å². The Kier molecular flexibility index (Phi) is 10.7. The molecule has 0 aromatic rings. The normalized spacial score (nSPS) is 14.9. The van der Waals surface area contributed by atoms with Crippen LogP contribution in [0.15, 0.2) is 24.3 Å². The van der Waals surface area contributed by atoms with Gasteiger partial charge in [0, 0.05) is 11.1 Å². The lowest BCUT2D eigenvalue weighted by Crippen LogP contribution is -2.37. The first-order valence-electron chi connectivity index (χ1n) is 8.33. The monoisotopic (exact) mass is 402 g/mol. The minimum atomic E-state index is -1.58. The number of rotatable bonds is 13. The fraction of sp³-hybridized carbons (Fsp3) is 0.556. The maximum atomic E-state index is 11.5. The number of carbonyl (C=O) groups is 4. The summed E-state index contributed by atoms with van der Waals surface area (Å²) in [6.45, 7) is 8.39. The molecular formula is C18H26O10. The molecule has 0 fully saturated rings. The Morgan fingerprint density at radius 1 is 0.750 bits per heavy atom. The molecular weight excluding hydrogens is 376 g/mol. The molecule has 4 N–H and O–H groups in total. The zero-order valence-electron chi connectivity index (χ0n) is 15.8. The van der Waals surface area contributed by atoms with Gasteiger partial charge in [0.05, 0.1) is 24.0 Å². The molecule has 4 unspecified atom stereocenters. The average Bonchev–Trinajstić information content (AvgIpc) is 2.59. The molecule has 158 valence electrons. The highest BCUT2D eigenvalue weighted by molar-refractivity contribution is 5.87. The SMILES string of the molecule is C=C(C)C(=O)OCC(O)CC(C(=O)O)C(CC(O)COC(=O)C(=C)C)C(=O)O. The minimum absolute atomic E-state index is 0.0813. The summed E-state index contributed by atoms with van der Waals surface area (Å²) in [5.74, 6) is -7.75. The van der Waals surface area contributed by atoms with Crippen LogP contribution in [0.2, 0.25) is 0 Å². The summed E-state index contributed by atoms with van der Waals surface area (Å²) in [4.78, 5) is 45.6. The summed E-state index contributed by atoms with van der Waals surface area (Å²) in [5, 5.41) is 38.5. The van der Waals surface area contributed by atoms with E-state index < -0.39 is 74.0 Å². The third kappa shape index (κ3) is 9.28. The number of carbonyl (C=O) groups excluding carboxylic acids is 2. The first-order valence-corrected chi connectivity index (χ1v) is 8.33. The van der Waals surface area contributed by atoms with Crippen molar-refractivity contribution in [2.45, 2.75) is 38.9 Å². The molecule has 28 heavy (non-hydrogen) atoms. The van der Waals surface area contributed by atoms with E-state index in [1.807, 2.05) is 0 Å². The molecule has 0 aromatic heterocycles. The Bertz CT molecular complexity index is 570. The summed E-state index contributed by atoms with van der Waals surface area (Å²) in [7, 11) is 0. The van der Waals surface area contributed by atoms with Crippen LogP contribution in [-0.4, -0.2) is 69.7 Å². The van der Waals surface area contributed by atoms with Gasteiger partial charge >= 0.3 is 23.9 Å². The lowest BCUT2D eigenvalue weighted by atomic mass is 9.84. The number of aliphatic carboxylic acids is 2. The molecule has 0 saturated carbocycles. The van der Waals surface area contributed by atoms with Gasteiger partial charge in [-0.1, -0.05) is 13.2 Å². The van der Waals surface area contributed by atoms with Crippen LogP contribution in [0.25, 0.3) is 0 Å². The van der Waals surface area contributed by atoms with Crippen molar-refractivity contribution in [3.05, 3.63) is 24.3 Å². The van der Waals surface area contributed by atoms with Crippen LogP contribution >= 0.6 is 0 Å². The second-order valence-corrected chi connectivity index (χ2v) is 6.43. The van der Waals surface area contributed by atoms with Gasteiger partial charge in [-0.2, -0.15) is 0 Å². The van der Waals surface area contributed by atoms with E-state index in [-0.39, 0.29) is 11.1 Å². The van der Waals surface area contributed by atoms with Gasteiger partial charge in [-0.05, 0) is 26.7 Å². The highest BCUT2D eigenvalue weighted by atomic mass is 16.5. The van der Waals surface area contributed by atoms with E-state index in [4.69, 9.17) is 9.47 Å². The molecule has 0 amide bonds. The van der Waals surface area contributed by atoms with Crippen LogP contribution in [0, 0.1) is 11.8 Å². The number of hydrogen-bond donors (Lipinski definition) is 4. The lowest BCUT2D eigenvalue weighted by Gasteiger charge is -2.24. The average molecular weight is 402 g/mol. The second-order valence-electron chi connectivity index (χ2n) is 6.43. The molecule has 4 atom stereocenters. The molecule has 0 aromatic carbocycles. The van der Waals surface area contributed by atoms with Crippen molar-refractivity contribution < 1.29 is 49.1 Å². The molecule has 10 heteroatoms. The third-order valence-corrected chi connectivity index (χ3v) is 3.68. The Morgan fingerprint density at radius 3 is 1.25 bits per heavy atom. The lowest BCUT2D eigenvalue weighted by molar-refractivity contribution is -0.158. The Balaban J connectivity index is 4.98. The summed E-state index contributed by atoms with van der Waals surface area (Å²) in [5.41, 5.74) is 0.163. The van der Waals surface area contributed by atoms with E-state index >= 15 is 0 Å². The van der Waals surface area contributed by atoms with Gasteiger partial charge < -0.3 is 29.9 Å². The minimum Gasteiger partial charge on any atom is -0.481 e. The van der Waals surface area contributed by atoms with Crippen molar-refractivity contribution >= 4 is 23.9 Å². The van der Waals surface area contributed by atoms with Crippen LogP contribution < -0.4 is 0 Å². The molecule has 0 bridgehead atoms. The summed E-state index contributed by atoms with van der Waals surface area (Å²) >= 11 is 0. The van der Waals surface area contributed by atoms with Gasteiger partial charge in [0.2, 0.25) is 0 Å². The van der Waals surface area contributed by atoms with Crippen LogP contribution in [0.4, 0.5) is 0 Å². The van der Waals surface area contributed by atoms with Crippen LogP contribution in [0.3, 0.4) is 0 Å². The van der Waals surface area contributed by atoms with Crippen LogP contribution in [0.1, 0.15) is 26.7 Å². The maximum Gasteiger partial charge on any atom is 0.333 e. The van der Waals surface area contributed by atoms with E-state index in [1.165, 1.54) is 13.8 Å². The molecule has 0 rings (SSSR count). The number of esters is 2. The largest absolute Gasteiger partial charge is 0.481 e. The van der Waals surface area contributed by atoms with Crippen molar-refractivity contribution in [1.82, 2.24) is 0 Å². The van der Waals surface area contributed by atoms with Crippen molar-refractivity contribution in [3.63, 3.8) is 0 Å². The molecule has 10 nitrogen and oxygen atoms in total. The van der Waals surface area contributed by atoms with Crippen molar-refractivity contribution in [2.24, 2.45) is 11.8 Å². The Morgan fingerprint density at radius 2 is 1.04 bits per heavy atom. The van der Waals surface area contributed by atoms with Gasteiger partial charge in [-0.25, -0.2) is 9.59 Å². The molecule has 0 radical (unpaired) electrons. The highest BCUT2D eigenvalue weighted by Crippen LogP contribution is 2.24. The Labute approximate surface area is 162 Å². The predicted molar refractivity (Wildman–Crippen MR) is 95.0 cm³/mol. The highest BCUT2D eigenvalue weighted by Gasteiger charge is 2.37. The number of carboxylic acid groups (broad SMARTS) is 2. The number of aliphatic hydroxyl groups excluding tert-OH is 2. The second kappa shape index (κ2) is 11.9. The standard InChI is InChI=1S/C18H26O10/c1-9(2)17(25)27-7-11(19)5-13(15(21)22)14(16(23)24)6-12(20)8-28-18(26)10(3)4/h11-14,19-20H,1,3,5-8H2,2,4H3,(H,21,22)(H,23,24). The Hall–Kier alpha value is -2.72. The third-order valence-electron chi connectivity index (χ3n) is 3.68.